The largest absolute Gasteiger partial charge is 0.493 e. The number of hydrogen-bond acceptors (Lipinski definition) is 6. The maximum Gasteiger partial charge on any atom is 0.255 e. The average molecular weight is 434 g/mol. The SMILES string of the molecule is Cc1cc(C#N)c(F)cc1-c1cnn(-c2ccc(C(=O)N3CCN(C)[C@H](C)C3)cn2)c1O. The molecule has 164 valence electrons. The third-order valence-corrected chi connectivity index (χ3v) is 5.93. The summed E-state index contributed by atoms with van der Waals surface area (Å²) >= 11 is 0. The average Bonchev–Trinajstić information content (AvgIpc) is 3.17. The number of aryl methyl sites for hydroxylation is 1. The van der Waals surface area contributed by atoms with Gasteiger partial charge in [0.2, 0.25) is 5.88 Å². The van der Waals surface area contributed by atoms with Crippen LogP contribution in [-0.2, 0) is 0 Å². The molecule has 0 radical (unpaired) electrons. The van der Waals surface area contributed by atoms with Gasteiger partial charge in [-0.05, 0) is 56.3 Å². The van der Waals surface area contributed by atoms with Gasteiger partial charge in [0.15, 0.2) is 5.82 Å². The van der Waals surface area contributed by atoms with Gasteiger partial charge in [-0.2, -0.15) is 15.0 Å². The maximum atomic E-state index is 14.1. The first-order valence-corrected chi connectivity index (χ1v) is 10.2. The standard InChI is InChI=1S/C23H23FN6O2/c1-14-8-17(10-25)20(24)9-18(14)19-12-27-30(23(19)32)21-5-4-16(11-26-21)22(31)29-7-6-28(3)15(2)13-29/h4-5,8-9,11-12,15,32H,6-7,13H2,1-3H3/t15-/m1/s1. The van der Waals surface area contributed by atoms with Crippen molar-refractivity contribution in [3.05, 3.63) is 59.2 Å². The fourth-order valence-electron chi connectivity index (χ4n) is 3.81. The Morgan fingerprint density at radius 2 is 2.03 bits per heavy atom. The number of carbonyl (C=O) groups excluding carboxylic acids is 1. The Labute approximate surface area is 185 Å². The van der Waals surface area contributed by atoms with Crippen molar-refractivity contribution in [3.63, 3.8) is 0 Å². The van der Waals surface area contributed by atoms with Gasteiger partial charge in [-0.1, -0.05) is 0 Å². The zero-order valence-electron chi connectivity index (χ0n) is 18.1. The zero-order valence-corrected chi connectivity index (χ0v) is 18.1. The Bertz CT molecular complexity index is 1210. The van der Waals surface area contributed by atoms with E-state index in [9.17, 15) is 14.3 Å². The molecule has 1 N–H and O–H groups in total. The Morgan fingerprint density at radius 1 is 1.25 bits per heavy atom. The summed E-state index contributed by atoms with van der Waals surface area (Å²) in [6.07, 6.45) is 2.88. The topological polar surface area (TPSA) is 98.3 Å². The summed E-state index contributed by atoms with van der Waals surface area (Å²) in [5.41, 5.74) is 1.78. The van der Waals surface area contributed by atoms with E-state index in [0.717, 1.165) is 6.54 Å². The number of pyridine rings is 1. The van der Waals surface area contributed by atoms with Gasteiger partial charge >= 0.3 is 0 Å². The van der Waals surface area contributed by atoms with Crippen LogP contribution >= 0.6 is 0 Å². The normalized spacial score (nSPS) is 16.7. The van der Waals surface area contributed by atoms with Crippen LogP contribution in [0.3, 0.4) is 0 Å². The van der Waals surface area contributed by atoms with Crippen LogP contribution in [0.1, 0.15) is 28.4 Å². The van der Waals surface area contributed by atoms with Crippen LogP contribution in [0.4, 0.5) is 4.39 Å². The minimum atomic E-state index is -0.667. The Morgan fingerprint density at radius 3 is 2.69 bits per heavy atom. The fraction of sp³-hybridized carbons (Fsp3) is 0.304. The van der Waals surface area contributed by atoms with E-state index < -0.39 is 5.82 Å². The van der Waals surface area contributed by atoms with Gasteiger partial charge in [0.25, 0.3) is 5.91 Å². The number of nitriles is 1. The number of likely N-dealkylation sites (N-methyl/N-ethyl adjacent to an activating group) is 1. The Balaban J connectivity index is 1.59. The van der Waals surface area contributed by atoms with Crippen molar-refractivity contribution in [2.24, 2.45) is 0 Å². The zero-order chi connectivity index (χ0) is 23.0. The second-order valence-corrected chi connectivity index (χ2v) is 8.04. The number of piperazine rings is 1. The third-order valence-electron chi connectivity index (χ3n) is 5.93. The van der Waals surface area contributed by atoms with Gasteiger partial charge in [-0.15, -0.1) is 0 Å². The van der Waals surface area contributed by atoms with Gasteiger partial charge < -0.3 is 14.9 Å². The Hall–Kier alpha value is -3.77. The van der Waals surface area contributed by atoms with Crippen molar-refractivity contribution < 1.29 is 14.3 Å². The summed E-state index contributed by atoms with van der Waals surface area (Å²) in [6, 6.07) is 7.99. The smallest absolute Gasteiger partial charge is 0.255 e. The van der Waals surface area contributed by atoms with Gasteiger partial charge in [0.05, 0.1) is 22.9 Å². The van der Waals surface area contributed by atoms with Crippen LogP contribution in [0.2, 0.25) is 0 Å². The molecule has 8 nitrogen and oxygen atoms in total. The summed E-state index contributed by atoms with van der Waals surface area (Å²) in [6.45, 7) is 5.94. The molecule has 1 aliphatic heterocycles. The molecule has 1 amide bonds. The molecular formula is C23H23FN6O2. The summed E-state index contributed by atoms with van der Waals surface area (Å²) in [4.78, 5) is 21.1. The second kappa shape index (κ2) is 8.40. The molecule has 0 spiro atoms. The van der Waals surface area contributed by atoms with Crippen LogP contribution < -0.4 is 0 Å². The highest BCUT2D eigenvalue weighted by Crippen LogP contribution is 2.34. The summed E-state index contributed by atoms with van der Waals surface area (Å²) in [5.74, 6) is -0.641. The van der Waals surface area contributed by atoms with E-state index in [-0.39, 0.29) is 23.4 Å². The van der Waals surface area contributed by atoms with Crippen molar-refractivity contribution in [2.45, 2.75) is 19.9 Å². The minimum Gasteiger partial charge on any atom is -0.493 e. The lowest BCUT2D eigenvalue weighted by Crippen LogP contribution is -2.52. The van der Waals surface area contributed by atoms with Gasteiger partial charge in [-0.3, -0.25) is 4.79 Å². The first-order valence-electron chi connectivity index (χ1n) is 10.2. The molecule has 4 rings (SSSR count). The molecule has 1 fully saturated rings. The van der Waals surface area contributed by atoms with Gasteiger partial charge in [0, 0.05) is 31.9 Å². The molecule has 1 atom stereocenters. The van der Waals surface area contributed by atoms with E-state index in [2.05, 4.69) is 21.9 Å². The van der Waals surface area contributed by atoms with E-state index in [1.54, 1.807) is 25.1 Å². The highest BCUT2D eigenvalue weighted by atomic mass is 19.1. The van der Waals surface area contributed by atoms with Crippen molar-refractivity contribution in [1.29, 1.82) is 5.26 Å². The van der Waals surface area contributed by atoms with Crippen molar-refractivity contribution in [3.8, 4) is 28.9 Å². The highest BCUT2D eigenvalue weighted by molar-refractivity contribution is 5.94. The number of hydrogen-bond donors (Lipinski definition) is 1. The first kappa shape index (κ1) is 21.5. The summed E-state index contributed by atoms with van der Waals surface area (Å²) in [5, 5.41) is 23.9. The fourth-order valence-corrected chi connectivity index (χ4v) is 3.81. The molecule has 3 aromatic rings. The molecule has 1 aromatic carbocycles. The van der Waals surface area contributed by atoms with Crippen LogP contribution in [-0.4, -0.2) is 68.3 Å². The van der Waals surface area contributed by atoms with E-state index in [4.69, 9.17) is 5.26 Å². The summed E-state index contributed by atoms with van der Waals surface area (Å²) < 4.78 is 15.3. The van der Waals surface area contributed by atoms with Crippen molar-refractivity contribution in [2.75, 3.05) is 26.7 Å². The monoisotopic (exact) mass is 434 g/mol. The lowest BCUT2D eigenvalue weighted by molar-refractivity contribution is 0.0572. The molecule has 1 saturated heterocycles. The van der Waals surface area contributed by atoms with E-state index in [1.807, 2.05) is 11.9 Å². The molecule has 0 saturated carbocycles. The van der Waals surface area contributed by atoms with E-state index in [0.29, 0.717) is 41.2 Å². The molecule has 1 aliphatic rings. The van der Waals surface area contributed by atoms with Crippen LogP contribution in [0.5, 0.6) is 5.88 Å². The van der Waals surface area contributed by atoms with E-state index >= 15 is 0 Å². The van der Waals surface area contributed by atoms with Crippen LogP contribution in [0.25, 0.3) is 16.9 Å². The predicted octanol–water partition coefficient (Wildman–Crippen LogP) is 2.74. The number of halogens is 1. The molecule has 9 heteroatoms. The number of rotatable bonds is 3. The van der Waals surface area contributed by atoms with E-state index in [1.165, 1.54) is 29.2 Å². The molecule has 32 heavy (non-hydrogen) atoms. The highest BCUT2D eigenvalue weighted by Gasteiger charge is 2.25. The van der Waals surface area contributed by atoms with Crippen molar-refractivity contribution >= 4 is 5.91 Å². The molecule has 0 bridgehead atoms. The summed E-state index contributed by atoms with van der Waals surface area (Å²) in [7, 11) is 2.04. The molecule has 3 heterocycles. The van der Waals surface area contributed by atoms with Crippen LogP contribution in [0, 0.1) is 24.1 Å². The molecule has 0 aliphatic carbocycles. The van der Waals surface area contributed by atoms with Gasteiger partial charge in [-0.25, -0.2) is 9.37 Å². The maximum absolute atomic E-state index is 14.1. The molecule has 2 aromatic heterocycles. The molecule has 0 unspecified atom stereocenters. The third kappa shape index (κ3) is 3.81. The predicted molar refractivity (Wildman–Crippen MR) is 116 cm³/mol. The number of amides is 1. The van der Waals surface area contributed by atoms with Gasteiger partial charge in [0.1, 0.15) is 11.9 Å². The Kier molecular flexibility index (Phi) is 5.63. The van der Waals surface area contributed by atoms with Crippen LogP contribution in [0.15, 0.2) is 36.7 Å². The lowest BCUT2D eigenvalue weighted by Gasteiger charge is -2.37. The number of nitrogens with zero attached hydrogens (tertiary/aromatic N) is 6. The number of aromatic hydroxyl groups is 1. The number of aromatic nitrogens is 3. The lowest BCUT2D eigenvalue weighted by atomic mass is 10.0. The minimum absolute atomic E-state index is 0.0604. The second-order valence-electron chi connectivity index (χ2n) is 8.04. The number of benzene rings is 1. The first-order chi connectivity index (χ1) is 15.3. The number of carbonyl (C=O) groups is 1. The molecular weight excluding hydrogens is 411 g/mol. The quantitative estimate of drug-likeness (QED) is 0.681. The van der Waals surface area contributed by atoms with Crippen molar-refractivity contribution in [1.82, 2.24) is 24.6 Å².